The predicted octanol–water partition coefficient (Wildman–Crippen LogP) is 5.52. The number of carbonyl (C=O) groups is 1. The fourth-order valence-electron chi connectivity index (χ4n) is 5.78. The molecule has 0 bridgehead atoms. The number of carbonyl (C=O) groups excluding carboxylic acids is 1. The summed E-state index contributed by atoms with van der Waals surface area (Å²) in [4.78, 5) is 17.1. The molecule has 39 heavy (non-hydrogen) atoms. The molecule has 0 radical (unpaired) electrons. The molecule has 2 aromatic carbocycles. The van der Waals surface area contributed by atoms with Crippen LogP contribution in [0.1, 0.15) is 61.5 Å². The van der Waals surface area contributed by atoms with Gasteiger partial charge in [-0.25, -0.2) is 9.67 Å². The monoisotopic (exact) mass is 522 g/mol. The summed E-state index contributed by atoms with van der Waals surface area (Å²) in [5.74, 6) is -0.307. The van der Waals surface area contributed by atoms with Crippen LogP contribution in [0.3, 0.4) is 0 Å². The molecule has 5 aromatic rings. The number of hydrogen-bond acceptors (Lipinski definition) is 5. The summed E-state index contributed by atoms with van der Waals surface area (Å²) in [6.45, 7) is 4.29. The first kappa shape index (κ1) is 25.1. The Morgan fingerprint density at radius 3 is 2.62 bits per heavy atom. The highest BCUT2D eigenvalue weighted by Gasteiger charge is 2.23. The summed E-state index contributed by atoms with van der Waals surface area (Å²) in [5, 5.41) is 20.7. The normalized spacial score (nSPS) is 17.8. The van der Waals surface area contributed by atoms with E-state index in [0.29, 0.717) is 11.3 Å². The molecule has 200 valence electrons. The number of benzene rings is 2. The molecule has 8 heteroatoms. The second kappa shape index (κ2) is 9.85. The molecule has 0 unspecified atom stereocenters. The highest BCUT2D eigenvalue weighted by Crippen LogP contribution is 2.36. The number of amides is 1. The van der Waals surface area contributed by atoms with Gasteiger partial charge in [0.05, 0.1) is 28.4 Å². The maximum atomic E-state index is 12.3. The molecule has 0 atom stereocenters. The highest BCUT2D eigenvalue weighted by atomic mass is 16.3. The number of primary amides is 1. The lowest BCUT2D eigenvalue weighted by Gasteiger charge is -2.27. The number of aryl methyl sites for hydroxylation is 1. The third kappa shape index (κ3) is 4.55. The summed E-state index contributed by atoms with van der Waals surface area (Å²) >= 11 is 0. The van der Waals surface area contributed by atoms with Crippen molar-refractivity contribution in [3.63, 3.8) is 0 Å². The Labute approximate surface area is 227 Å². The van der Waals surface area contributed by atoms with E-state index < -0.39 is 5.91 Å². The standard InChI is InChI=1S/C31H34N6O2/c1-18(2)29-28-24(19-4-11-27-20(16-19)13-15-36(27)3)12-14-33-31(28)37(35-29)22-7-10-25(30(32)39)26(17-22)34-21-5-8-23(38)9-6-21/h4,7,10-18,21,23,34,38H,5-6,8-9H2,1-3H3,(H2,32,39). The van der Waals surface area contributed by atoms with E-state index in [0.717, 1.165) is 59.2 Å². The summed E-state index contributed by atoms with van der Waals surface area (Å²) in [5.41, 5.74) is 12.8. The zero-order chi connectivity index (χ0) is 27.3. The van der Waals surface area contributed by atoms with Crippen molar-refractivity contribution in [2.45, 2.75) is 57.6 Å². The second-order valence-corrected chi connectivity index (χ2v) is 11.0. The van der Waals surface area contributed by atoms with Crippen LogP contribution in [0.25, 0.3) is 38.8 Å². The van der Waals surface area contributed by atoms with Crippen molar-refractivity contribution in [1.82, 2.24) is 19.3 Å². The Hall–Kier alpha value is -4.17. The van der Waals surface area contributed by atoms with E-state index >= 15 is 0 Å². The van der Waals surface area contributed by atoms with E-state index in [1.54, 1.807) is 6.07 Å². The van der Waals surface area contributed by atoms with Crippen LogP contribution < -0.4 is 11.1 Å². The first-order valence-corrected chi connectivity index (χ1v) is 13.6. The number of nitrogens with zero attached hydrogens (tertiary/aromatic N) is 4. The maximum absolute atomic E-state index is 12.3. The summed E-state index contributed by atoms with van der Waals surface area (Å²) in [6.07, 6.45) is 6.81. The van der Waals surface area contributed by atoms with Gasteiger partial charge >= 0.3 is 0 Å². The van der Waals surface area contributed by atoms with Gasteiger partial charge < -0.3 is 20.7 Å². The zero-order valence-electron chi connectivity index (χ0n) is 22.6. The van der Waals surface area contributed by atoms with Crippen LogP contribution in [0.5, 0.6) is 0 Å². The molecule has 1 fully saturated rings. The molecule has 1 aliphatic carbocycles. The second-order valence-electron chi connectivity index (χ2n) is 11.0. The molecular formula is C31H34N6O2. The van der Waals surface area contributed by atoms with E-state index in [1.165, 1.54) is 10.9 Å². The number of aliphatic hydroxyl groups is 1. The average Bonchev–Trinajstić information content (AvgIpc) is 3.50. The van der Waals surface area contributed by atoms with E-state index in [-0.39, 0.29) is 18.1 Å². The molecule has 8 nitrogen and oxygen atoms in total. The third-order valence-electron chi connectivity index (χ3n) is 7.91. The van der Waals surface area contributed by atoms with Crippen LogP contribution in [0.2, 0.25) is 0 Å². The van der Waals surface area contributed by atoms with Gasteiger partial charge in [-0.3, -0.25) is 4.79 Å². The maximum Gasteiger partial charge on any atom is 0.250 e. The van der Waals surface area contributed by atoms with Crippen molar-refractivity contribution in [2.75, 3.05) is 5.32 Å². The molecule has 0 saturated heterocycles. The Balaban J connectivity index is 1.48. The van der Waals surface area contributed by atoms with E-state index in [9.17, 15) is 9.90 Å². The van der Waals surface area contributed by atoms with E-state index in [1.807, 2.05) is 23.0 Å². The van der Waals surface area contributed by atoms with Crippen molar-refractivity contribution in [2.24, 2.45) is 12.8 Å². The molecular weight excluding hydrogens is 488 g/mol. The minimum Gasteiger partial charge on any atom is -0.393 e. The van der Waals surface area contributed by atoms with Gasteiger partial charge in [-0.05, 0) is 85.2 Å². The summed E-state index contributed by atoms with van der Waals surface area (Å²) in [6, 6.07) is 16.5. The Bertz CT molecular complexity index is 1690. The lowest BCUT2D eigenvalue weighted by Crippen LogP contribution is -2.29. The van der Waals surface area contributed by atoms with Crippen LogP contribution in [0.4, 0.5) is 5.69 Å². The Morgan fingerprint density at radius 1 is 1.08 bits per heavy atom. The zero-order valence-corrected chi connectivity index (χ0v) is 22.6. The largest absolute Gasteiger partial charge is 0.393 e. The van der Waals surface area contributed by atoms with Crippen LogP contribution in [0.15, 0.2) is 60.9 Å². The fourth-order valence-corrected chi connectivity index (χ4v) is 5.78. The number of pyridine rings is 1. The van der Waals surface area contributed by atoms with E-state index in [4.69, 9.17) is 15.8 Å². The molecule has 0 aliphatic heterocycles. The smallest absolute Gasteiger partial charge is 0.250 e. The molecule has 1 saturated carbocycles. The first-order valence-electron chi connectivity index (χ1n) is 13.6. The van der Waals surface area contributed by atoms with Gasteiger partial charge in [-0.2, -0.15) is 5.10 Å². The molecule has 3 heterocycles. The van der Waals surface area contributed by atoms with Crippen molar-refractivity contribution < 1.29 is 9.90 Å². The van der Waals surface area contributed by atoms with Crippen LogP contribution in [0, 0.1) is 0 Å². The lowest BCUT2D eigenvalue weighted by molar-refractivity contribution is 0.100. The number of rotatable bonds is 6. The quantitative estimate of drug-likeness (QED) is 0.272. The van der Waals surface area contributed by atoms with Gasteiger partial charge in [0.25, 0.3) is 5.91 Å². The Morgan fingerprint density at radius 2 is 1.87 bits per heavy atom. The highest BCUT2D eigenvalue weighted by molar-refractivity contribution is 6.00. The van der Waals surface area contributed by atoms with Gasteiger partial charge in [-0.1, -0.05) is 19.9 Å². The molecule has 1 amide bonds. The first-order chi connectivity index (χ1) is 18.8. The topological polar surface area (TPSA) is 111 Å². The van der Waals surface area contributed by atoms with Gasteiger partial charge in [0.1, 0.15) is 0 Å². The molecule has 6 rings (SSSR count). The predicted molar refractivity (Wildman–Crippen MR) is 155 cm³/mol. The minimum absolute atomic E-state index is 0.167. The number of anilines is 1. The number of hydrogen-bond donors (Lipinski definition) is 3. The molecule has 3 aromatic heterocycles. The summed E-state index contributed by atoms with van der Waals surface area (Å²) in [7, 11) is 2.05. The Kier molecular flexibility index (Phi) is 6.35. The SMILES string of the molecule is CC(C)c1nn(-c2ccc(C(N)=O)c(NC3CCC(O)CC3)c2)c2nccc(-c3ccc4c(ccn4C)c3)c12. The van der Waals surface area contributed by atoms with Gasteiger partial charge in [0, 0.05) is 42.1 Å². The number of aliphatic hydroxyl groups excluding tert-OH is 1. The van der Waals surface area contributed by atoms with Crippen molar-refractivity contribution in [1.29, 1.82) is 0 Å². The van der Waals surface area contributed by atoms with Gasteiger partial charge in [0.2, 0.25) is 0 Å². The number of aromatic nitrogens is 4. The van der Waals surface area contributed by atoms with Crippen molar-refractivity contribution >= 4 is 33.5 Å². The van der Waals surface area contributed by atoms with E-state index in [2.05, 4.69) is 67.3 Å². The minimum atomic E-state index is -0.482. The molecule has 4 N–H and O–H groups in total. The number of nitrogens with two attached hydrogens (primary N) is 1. The van der Waals surface area contributed by atoms with Crippen molar-refractivity contribution in [3.05, 3.63) is 72.2 Å². The fraction of sp³-hybridized carbons (Fsp3) is 0.323. The number of fused-ring (bicyclic) bond motifs is 2. The van der Waals surface area contributed by atoms with Crippen LogP contribution in [-0.2, 0) is 7.05 Å². The van der Waals surface area contributed by atoms with Crippen molar-refractivity contribution in [3.8, 4) is 16.8 Å². The molecule has 1 aliphatic rings. The van der Waals surface area contributed by atoms with Crippen LogP contribution in [-0.4, -0.2) is 42.5 Å². The summed E-state index contributed by atoms with van der Waals surface area (Å²) < 4.78 is 3.99. The third-order valence-corrected chi connectivity index (χ3v) is 7.91. The van der Waals surface area contributed by atoms with Gasteiger partial charge in [0.15, 0.2) is 5.65 Å². The number of nitrogens with one attached hydrogen (secondary N) is 1. The van der Waals surface area contributed by atoms with Crippen LogP contribution >= 0.6 is 0 Å². The van der Waals surface area contributed by atoms with Gasteiger partial charge in [-0.15, -0.1) is 0 Å². The molecule has 0 spiro atoms. The average molecular weight is 523 g/mol. The lowest BCUT2D eigenvalue weighted by atomic mass is 9.92.